The second-order valence-corrected chi connectivity index (χ2v) is 7.76. The number of rotatable bonds is 3. The molecule has 3 heterocycles. The number of aromatic nitrogens is 5. The first kappa shape index (κ1) is 15.1. The lowest BCUT2D eigenvalue weighted by molar-refractivity contribution is 0.773. The van der Waals surface area contributed by atoms with Crippen LogP contribution < -0.4 is 0 Å². The Labute approximate surface area is 149 Å². The predicted octanol–water partition coefficient (Wildman–Crippen LogP) is 4.07. The van der Waals surface area contributed by atoms with Crippen molar-refractivity contribution < 1.29 is 0 Å². The van der Waals surface area contributed by atoms with E-state index in [1.165, 1.54) is 24.1 Å². The molecule has 1 aliphatic rings. The summed E-state index contributed by atoms with van der Waals surface area (Å²) in [7, 11) is 1.94. The highest BCUT2D eigenvalue weighted by Gasteiger charge is 2.30. The molecule has 3 aromatic rings. The lowest BCUT2D eigenvalue weighted by Crippen LogP contribution is -2.06. The zero-order valence-electron chi connectivity index (χ0n) is 13.8. The lowest BCUT2D eigenvalue weighted by Gasteiger charge is -2.11. The zero-order valence-corrected chi connectivity index (χ0v) is 16.0. The summed E-state index contributed by atoms with van der Waals surface area (Å²) in [6, 6.07) is 2.20. The monoisotopic (exact) mass is 421 g/mol. The molecule has 0 aliphatic heterocycles. The third-order valence-corrected chi connectivity index (χ3v) is 5.30. The minimum absolute atomic E-state index is 0.468. The Balaban J connectivity index is 1.97. The van der Waals surface area contributed by atoms with Crippen LogP contribution in [-0.2, 0) is 7.05 Å². The van der Waals surface area contributed by atoms with Crippen molar-refractivity contribution in [3.63, 3.8) is 0 Å². The quantitative estimate of drug-likeness (QED) is 0.600. The molecule has 23 heavy (non-hydrogen) atoms. The van der Waals surface area contributed by atoms with Gasteiger partial charge in [0.25, 0.3) is 0 Å². The van der Waals surface area contributed by atoms with Crippen LogP contribution in [0.25, 0.3) is 16.7 Å². The minimum Gasteiger partial charge on any atom is -0.273 e. The van der Waals surface area contributed by atoms with Crippen molar-refractivity contribution in [1.29, 1.82) is 0 Å². The van der Waals surface area contributed by atoms with Gasteiger partial charge in [0.1, 0.15) is 3.70 Å². The van der Waals surface area contributed by atoms with Crippen molar-refractivity contribution in [3.8, 4) is 5.69 Å². The van der Waals surface area contributed by atoms with Crippen LogP contribution in [0.4, 0.5) is 0 Å². The summed E-state index contributed by atoms with van der Waals surface area (Å²) >= 11 is 2.35. The number of hydrogen-bond acceptors (Lipinski definition) is 3. The fraction of sp³-hybridized carbons (Fsp3) is 0.471. The van der Waals surface area contributed by atoms with Crippen molar-refractivity contribution in [1.82, 2.24) is 24.5 Å². The van der Waals surface area contributed by atoms with Gasteiger partial charge in [-0.3, -0.25) is 4.68 Å². The molecule has 5 nitrogen and oxygen atoms in total. The first-order valence-electron chi connectivity index (χ1n) is 8.05. The first-order valence-corrected chi connectivity index (χ1v) is 9.13. The molecule has 0 radical (unpaired) electrons. The molecule has 0 saturated heterocycles. The van der Waals surface area contributed by atoms with Gasteiger partial charge in [-0.15, -0.1) is 0 Å². The van der Waals surface area contributed by atoms with E-state index in [0.29, 0.717) is 11.8 Å². The van der Waals surface area contributed by atoms with E-state index in [4.69, 9.17) is 10.1 Å². The average molecular weight is 421 g/mol. The van der Waals surface area contributed by atoms with Gasteiger partial charge in [-0.1, -0.05) is 13.8 Å². The Morgan fingerprint density at radius 1 is 1.26 bits per heavy atom. The SMILES string of the molecule is Cc1c(C(C)C)c(I)nn1-c1cc2cn(C)nc2nc1C1CC1. The Morgan fingerprint density at radius 3 is 2.61 bits per heavy atom. The highest BCUT2D eigenvalue weighted by molar-refractivity contribution is 14.1. The topological polar surface area (TPSA) is 48.5 Å². The van der Waals surface area contributed by atoms with Gasteiger partial charge < -0.3 is 0 Å². The van der Waals surface area contributed by atoms with Gasteiger partial charge in [0.2, 0.25) is 0 Å². The number of fused-ring (bicyclic) bond motifs is 1. The maximum absolute atomic E-state index is 4.86. The molecule has 0 unspecified atom stereocenters. The van der Waals surface area contributed by atoms with Crippen LogP contribution in [0.3, 0.4) is 0 Å². The van der Waals surface area contributed by atoms with E-state index in [-0.39, 0.29) is 0 Å². The molecule has 3 aromatic heterocycles. The molecular formula is C17H20IN5. The standard InChI is InChI=1S/C17H20IN5/c1-9(2)14-10(3)23(20-16(14)18)13-7-12-8-22(4)21-17(12)19-15(13)11-5-6-11/h7-9,11H,5-6H2,1-4H3. The van der Waals surface area contributed by atoms with E-state index in [0.717, 1.165) is 26.1 Å². The summed E-state index contributed by atoms with van der Waals surface area (Å²) in [5.74, 6) is 1.02. The van der Waals surface area contributed by atoms with Gasteiger partial charge >= 0.3 is 0 Å². The second kappa shape index (κ2) is 5.29. The van der Waals surface area contributed by atoms with E-state index in [2.05, 4.69) is 59.2 Å². The normalized spacial score (nSPS) is 15.0. The van der Waals surface area contributed by atoms with Crippen LogP contribution in [0.1, 0.15) is 55.5 Å². The Kier molecular flexibility index (Phi) is 3.48. The van der Waals surface area contributed by atoms with Gasteiger partial charge in [0.15, 0.2) is 5.65 Å². The molecule has 6 heteroatoms. The van der Waals surface area contributed by atoms with Crippen molar-refractivity contribution >= 4 is 33.6 Å². The van der Waals surface area contributed by atoms with Crippen LogP contribution >= 0.6 is 22.6 Å². The van der Waals surface area contributed by atoms with E-state index in [1.807, 2.05) is 17.9 Å². The fourth-order valence-corrected chi connectivity index (χ4v) is 4.50. The van der Waals surface area contributed by atoms with Crippen molar-refractivity contribution in [2.24, 2.45) is 7.05 Å². The highest BCUT2D eigenvalue weighted by Crippen LogP contribution is 2.43. The van der Waals surface area contributed by atoms with Gasteiger partial charge in [0.05, 0.1) is 11.4 Å². The first-order chi connectivity index (χ1) is 11.0. The van der Waals surface area contributed by atoms with Crippen molar-refractivity contribution in [2.75, 3.05) is 0 Å². The maximum atomic E-state index is 4.86. The van der Waals surface area contributed by atoms with E-state index in [9.17, 15) is 0 Å². The molecule has 4 rings (SSSR count). The summed E-state index contributed by atoms with van der Waals surface area (Å²) in [6.45, 7) is 6.61. The molecule has 0 amide bonds. The zero-order chi connectivity index (χ0) is 16.3. The molecular weight excluding hydrogens is 401 g/mol. The summed E-state index contributed by atoms with van der Waals surface area (Å²) < 4.78 is 5.00. The summed E-state index contributed by atoms with van der Waals surface area (Å²) in [4.78, 5) is 4.86. The molecule has 0 spiro atoms. The fourth-order valence-electron chi connectivity index (χ4n) is 3.27. The van der Waals surface area contributed by atoms with E-state index in [1.54, 1.807) is 0 Å². The van der Waals surface area contributed by atoms with E-state index < -0.39 is 0 Å². The number of aryl methyl sites for hydroxylation is 1. The molecule has 0 aromatic carbocycles. The Hall–Kier alpha value is -1.44. The van der Waals surface area contributed by atoms with E-state index >= 15 is 0 Å². The van der Waals surface area contributed by atoms with Gasteiger partial charge in [-0.25, -0.2) is 9.67 Å². The van der Waals surface area contributed by atoms with Gasteiger partial charge in [-0.05, 0) is 54.3 Å². The smallest absolute Gasteiger partial charge is 0.181 e. The number of pyridine rings is 1. The summed E-state index contributed by atoms with van der Waals surface area (Å²) in [5, 5.41) is 10.4. The van der Waals surface area contributed by atoms with Crippen molar-refractivity contribution in [2.45, 2.75) is 45.4 Å². The van der Waals surface area contributed by atoms with Gasteiger partial charge in [-0.2, -0.15) is 10.2 Å². The predicted molar refractivity (Wildman–Crippen MR) is 99.1 cm³/mol. The Morgan fingerprint density at radius 2 is 2.00 bits per heavy atom. The molecule has 1 aliphatic carbocycles. The summed E-state index contributed by atoms with van der Waals surface area (Å²) in [6.07, 6.45) is 4.45. The van der Waals surface area contributed by atoms with Crippen LogP contribution in [0.5, 0.6) is 0 Å². The van der Waals surface area contributed by atoms with Gasteiger partial charge in [0, 0.05) is 35.8 Å². The molecule has 0 N–H and O–H groups in total. The number of hydrogen-bond donors (Lipinski definition) is 0. The molecule has 1 fully saturated rings. The second-order valence-electron chi connectivity index (χ2n) is 6.74. The maximum Gasteiger partial charge on any atom is 0.181 e. The third kappa shape index (κ3) is 2.47. The minimum atomic E-state index is 0.468. The third-order valence-electron chi connectivity index (χ3n) is 4.50. The average Bonchev–Trinajstić information content (AvgIpc) is 3.18. The number of halogens is 1. The van der Waals surface area contributed by atoms with Crippen LogP contribution in [-0.4, -0.2) is 24.5 Å². The molecule has 120 valence electrons. The molecule has 1 saturated carbocycles. The van der Waals surface area contributed by atoms with Crippen LogP contribution in [0, 0.1) is 10.6 Å². The van der Waals surface area contributed by atoms with Crippen molar-refractivity contribution in [3.05, 3.63) is 32.9 Å². The largest absolute Gasteiger partial charge is 0.273 e. The van der Waals surface area contributed by atoms with Crippen LogP contribution in [0.15, 0.2) is 12.3 Å². The molecule has 0 atom stereocenters. The van der Waals surface area contributed by atoms with Crippen LogP contribution in [0.2, 0.25) is 0 Å². The lowest BCUT2D eigenvalue weighted by atomic mass is 10.0. The number of nitrogens with zero attached hydrogens (tertiary/aromatic N) is 5. The summed E-state index contributed by atoms with van der Waals surface area (Å²) in [5.41, 5.74) is 5.65. The Bertz CT molecular complexity index is 901. The highest BCUT2D eigenvalue weighted by atomic mass is 127. The molecule has 0 bridgehead atoms.